The van der Waals surface area contributed by atoms with Gasteiger partial charge >= 0.3 is 0 Å². The lowest BCUT2D eigenvalue weighted by molar-refractivity contribution is 0.220. The number of nitriles is 1. The van der Waals surface area contributed by atoms with Crippen molar-refractivity contribution in [2.24, 2.45) is 5.92 Å². The van der Waals surface area contributed by atoms with E-state index in [1.807, 2.05) is 0 Å². The molecular formula is C9H14N2. The van der Waals surface area contributed by atoms with Crippen molar-refractivity contribution < 1.29 is 0 Å². The lowest BCUT2D eigenvalue weighted by Gasteiger charge is -2.25. The van der Waals surface area contributed by atoms with Gasteiger partial charge in [0.15, 0.2) is 0 Å². The van der Waals surface area contributed by atoms with E-state index in [0.29, 0.717) is 6.42 Å². The van der Waals surface area contributed by atoms with Crippen molar-refractivity contribution in [1.82, 2.24) is 4.90 Å². The summed E-state index contributed by atoms with van der Waals surface area (Å²) in [6, 6.07) is 3.08. The lowest BCUT2D eigenvalue weighted by Crippen LogP contribution is -2.32. The molecule has 2 nitrogen and oxygen atoms in total. The van der Waals surface area contributed by atoms with E-state index in [2.05, 4.69) is 11.0 Å². The lowest BCUT2D eigenvalue weighted by atomic mass is 10.1. The van der Waals surface area contributed by atoms with Gasteiger partial charge in [-0.15, -0.1) is 0 Å². The molecule has 0 aromatic rings. The Bertz CT molecular complexity index is 182. The molecule has 1 saturated carbocycles. The number of fused-ring (bicyclic) bond motifs is 1. The average Bonchev–Trinajstić information content (AvgIpc) is 2.79. The van der Waals surface area contributed by atoms with Gasteiger partial charge in [0.05, 0.1) is 6.07 Å². The zero-order valence-corrected chi connectivity index (χ0v) is 6.79. The molecular weight excluding hydrogens is 136 g/mol. The van der Waals surface area contributed by atoms with Crippen molar-refractivity contribution in [3.63, 3.8) is 0 Å². The third kappa shape index (κ3) is 1.39. The van der Waals surface area contributed by atoms with E-state index >= 15 is 0 Å². The topological polar surface area (TPSA) is 27.0 Å². The van der Waals surface area contributed by atoms with Crippen molar-refractivity contribution in [2.75, 3.05) is 13.1 Å². The van der Waals surface area contributed by atoms with Gasteiger partial charge < -0.3 is 0 Å². The summed E-state index contributed by atoms with van der Waals surface area (Å²) >= 11 is 0. The molecule has 0 amide bonds. The molecule has 2 aliphatic rings. The van der Waals surface area contributed by atoms with Crippen LogP contribution in [0.2, 0.25) is 0 Å². The van der Waals surface area contributed by atoms with Gasteiger partial charge in [-0.1, -0.05) is 0 Å². The van der Waals surface area contributed by atoms with E-state index in [4.69, 9.17) is 5.26 Å². The van der Waals surface area contributed by atoms with E-state index < -0.39 is 0 Å². The molecule has 60 valence electrons. The monoisotopic (exact) mass is 150 g/mol. The minimum atomic E-state index is 0.712. The number of likely N-dealkylation sites (tertiary alicyclic amines) is 1. The van der Waals surface area contributed by atoms with Crippen LogP contribution in [-0.4, -0.2) is 24.0 Å². The Hall–Kier alpha value is -0.550. The van der Waals surface area contributed by atoms with Crippen molar-refractivity contribution in [3.8, 4) is 6.07 Å². The molecule has 11 heavy (non-hydrogen) atoms. The highest BCUT2D eigenvalue weighted by Gasteiger charge is 2.43. The van der Waals surface area contributed by atoms with E-state index in [1.54, 1.807) is 0 Å². The number of hydrogen-bond acceptors (Lipinski definition) is 2. The Balaban J connectivity index is 1.80. The first-order chi connectivity index (χ1) is 5.42. The molecule has 1 saturated heterocycles. The molecule has 1 aliphatic carbocycles. The third-order valence-electron chi connectivity index (χ3n) is 2.89. The van der Waals surface area contributed by atoms with Crippen molar-refractivity contribution in [3.05, 3.63) is 0 Å². The second kappa shape index (κ2) is 2.83. The molecule has 0 N–H and O–H groups in total. The summed E-state index contributed by atoms with van der Waals surface area (Å²) in [5, 5.41) is 8.42. The number of nitrogens with zero attached hydrogens (tertiary/aromatic N) is 2. The molecule has 2 atom stereocenters. The van der Waals surface area contributed by atoms with Gasteiger partial charge in [-0.25, -0.2) is 0 Å². The van der Waals surface area contributed by atoms with E-state index in [9.17, 15) is 0 Å². The highest BCUT2D eigenvalue weighted by atomic mass is 15.2. The van der Waals surface area contributed by atoms with Crippen LogP contribution in [-0.2, 0) is 0 Å². The Morgan fingerprint density at radius 3 is 3.27 bits per heavy atom. The predicted molar refractivity (Wildman–Crippen MR) is 42.9 cm³/mol. The van der Waals surface area contributed by atoms with Crippen LogP contribution in [0.1, 0.15) is 25.7 Å². The number of rotatable bonds is 2. The normalized spacial score (nSPS) is 35.9. The molecule has 2 rings (SSSR count). The Kier molecular flexibility index (Phi) is 1.83. The standard InChI is InChI=1S/C9H14N2/c10-4-2-6-11-5-1-3-8-7-9(8)11/h8-9H,1-3,5-7H2. The molecule has 1 aliphatic heterocycles. The zero-order chi connectivity index (χ0) is 7.68. The van der Waals surface area contributed by atoms with E-state index in [0.717, 1.165) is 18.5 Å². The van der Waals surface area contributed by atoms with E-state index in [-0.39, 0.29) is 0 Å². The summed E-state index contributed by atoms with van der Waals surface area (Å²) in [6.07, 6.45) is 4.91. The molecule has 2 heteroatoms. The first-order valence-corrected chi connectivity index (χ1v) is 4.53. The molecule has 0 bridgehead atoms. The van der Waals surface area contributed by atoms with E-state index in [1.165, 1.54) is 25.8 Å². The summed E-state index contributed by atoms with van der Waals surface area (Å²) in [7, 11) is 0. The Morgan fingerprint density at radius 2 is 2.45 bits per heavy atom. The maximum atomic E-state index is 8.42. The highest BCUT2D eigenvalue weighted by Crippen LogP contribution is 2.42. The van der Waals surface area contributed by atoms with Gasteiger partial charge in [0.1, 0.15) is 0 Å². The third-order valence-corrected chi connectivity index (χ3v) is 2.89. The summed E-state index contributed by atoms with van der Waals surface area (Å²) < 4.78 is 0. The summed E-state index contributed by atoms with van der Waals surface area (Å²) in [4.78, 5) is 2.50. The van der Waals surface area contributed by atoms with Crippen LogP contribution in [0.4, 0.5) is 0 Å². The smallest absolute Gasteiger partial charge is 0.0635 e. The Labute approximate surface area is 67.8 Å². The average molecular weight is 150 g/mol. The van der Waals surface area contributed by atoms with Crippen molar-refractivity contribution >= 4 is 0 Å². The quantitative estimate of drug-likeness (QED) is 0.594. The minimum Gasteiger partial charge on any atom is -0.299 e. The summed E-state index contributed by atoms with van der Waals surface area (Å²) in [6.45, 7) is 2.25. The second-order valence-electron chi connectivity index (χ2n) is 3.65. The van der Waals surface area contributed by atoms with Gasteiger partial charge in [0.2, 0.25) is 0 Å². The maximum absolute atomic E-state index is 8.42. The van der Waals surface area contributed by atoms with Crippen LogP contribution >= 0.6 is 0 Å². The molecule has 2 unspecified atom stereocenters. The molecule has 0 aromatic heterocycles. The van der Waals surface area contributed by atoms with Crippen LogP contribution in [0.3, 0.4) is 0 Å². The fourth-order valence-electron chi connectivity index (χ4n) is 2.18. The van der Waals surface area contributed by atoms with Gasteiger partial charge in [0.25, 0.3) is 0 Å². The largest absolute Gasteiger partial charge is 0.299 e. The number of hydrogen-bond donors (Lipinski definition) is 0. The number of piperidine rings is 1. The predicted octanol–water partition coefficient (Wildman–Crippen LogP) is 1.38. The van der Waals surface area contributed by atoms with Crippen LogP contribution < -0.4 is 0 Å². The first-order valence-electron chi connectivity index (χ1n) is 4.53. The molecule has 0 radical (unpaired) electrons. The maximum Gasteiger partial charge on any atom is 0.0635 e. The minimum absolute atomic E-state index is 0.712. The molecule has 0 spiro atoms. The van der Waals surface area contributed by atoms with Crippen molar-refractivity contribution in [1.29, 1.82) is 5.26 Å². The van der Waals surface area contributed by atoms with Crippen LogP contribution in [0.15, 0.2) is 0 Å². The SMILES string of the molecule is N#CCCN1CCCC2CC21. The fraction of sp³-hybridized carbons (Fsp3) is 0.889. The highest BCUT2D eigenvalue weighted by molar-refractivity contribution is 4.98. The molecule has 0 aromatic carbocycles. The van der Waals surface area contributed by atoms with Gasteiger partial charge in [-0.05, 0) is 31.7 Å². The first kappa shape index (κ1) is 7.12. The van der Waals surface area contributed by atoms with Crippen LogP contribution in [0.5, 0.6) is 0 Å². The van der Waals surface area contributed by atoms with Crippen molar-refractivity contribution in [2.45, 2.75) is 31.7 Å². The van der Waals surface area contributed by atoms with Gasteiger partial charge in [-0.2, -0.15) is 5.26 Å². The Morgan fingerprint density at radius 1 is 1.55 bits per heavy atom. The molecule has 2 fully saturated rings. The molecule has 1 heterocycles. The fourth-order valence-corrected chi connectivity index (χ4v) is 2.18. The van der Waals surface area contributed by atoms with Gasteiger partial charge in [0, 0.05) is 19.0 Å². The van der Waals surface area contributed by atoms with Gasteiger partial charge in [-0.3, -0.25) is 4.90 Å². The summed E-state index contributed by atoms with van der Waals surface area (Å²) in [5.74, 6) is 1.00. The van der Waals surface area contributed by atoms with Crippen LogP contribution in [0.25, 0.3) is 0 Å². The second-order valence-corrected chi connectivity index (χ2v) is 3.65. The zero-order valence-electron chi connectivity index (χ0n) is 6.79. The summed E-state index contributed by atoms with van der Waals surface area (Å²) in [5.41, 5.74) is 0. The van der Waals surface area contributed by atoms with Crippen LogP contribution in [0, 0.1) is 17.2 Å².